The summed E-state index contributed by atoms with van der Waals surface area (Å²) in [5, 5.41) is 2.46. The zero-order valence-electron chi connectivity index (χ0n) is 18.1. The first kappa shape index (κ1) is 19.5. The number of para-hydroxylation sites is 1. The standard InChI is InChI=1S/C26H31N2O/c1-18(2)21-11-8-12-22(19(3)4)25(21)27-15-16-28(17-27)26-23-10-7-6-9-20(23)13-14-24(26)29-5/h6-14,17-19H,15-16H2,1-5H3/q+1. The van der Waals surface area contributed by atoms with Crippen LogP contribution >= 0.6 is 0 Å². The van der Waals surface area contributed by atoms with E-state index < -0.39 is 0 Å². The molecule has 0 saturated carbocycles. The van der Waals surface area contributed by atoms with Crippen molar-refractivity contribution in [3.05, 3.63) is 65.7 Å². The quantitative estimate of drug-likeness (QED) is 0.478. The number of ether oxygens (including phenoxy) is 1. The Balaban J connectivity index is 1.86. The van der Waals surface area contributed by atoms with Gasteiger partial charge in [-0.15, -0.1) is 0 Å². The molecule has 150 valence electrons. The summed E-state index contributed by atoms with van der Waals surface area (Å²) >= 11 is 0. The molecule has 0 unspecified atom stereocenters. The van der Waals surface area contributed by atoms with Gasteiger partial charge in [0.1, 0.15) is 18.8 Å². The third kappa shape index (κ3) is 3.50. The van der Waals surface area contributed by atoms with Crippen LogP contribution in [0.1, 0.15) is 50.7 Å². The fourth-order valence-electron chi connectivity index (χ4n) is 4.38. The highest BCUT2D eigenvalue weighted by Gasteiger charge is 2.30. The Morgan fingerprint density at radius 2 is 1.55 bits per heavy atom. The normalized spacial score (nSPS) is 14.2. The lowest BCUT2D eigenvalue weighted by Gasteiger charge is -2.18. The Labute approximate surface area is 174 Å². The van der Waals surface area contributed by atoms with Gasteiger partial charge in [-0.05, 0) is 29.4 Å². The van der Waals surface area contributed by atoms with Gasteiger partial charge in [-0.2, -0.15) is 0 Å². The summed E-state index contributed by atoms with van der Waals surface area (Å²) in [6.45, 7) is 11.0. The largest absolute Gasteiger partial charge is 0.492 e. The molecule has 0 radical (unpaired) electrons. The maximum Gasteiger partial charge on any atom is 0.244 e. The van der Waals surface area contributed by atoms with Crippen LogP contribution in [-0.4, -0.2) is 31.1 Å². The lowest BCUT2D eigenvalue weighted by Crippen LogP contribution is -2.19. The van der Waals surface area contributed by atoms with Crippen molar-refractivity contribution in [2.75, 3.05) is 25.1 Å². The zero-order chi connectivity index (χ0) is 20.5. The number of anilines is 1. The van der Waals surface area contributed by atoms with Crippen LogP contribution in [0.2, 0.25) is 0 Å². The zero-order valence-corrected chi connectivity index (χ0v) is 18.1. The topological polar surface area (TPSA) is 15.5 Å². The van der Waals surface area contributed by atoms with E-state index in [9.17, 15) is 0 Å². The van der Waals surface area contributed by atoms with Crippen LogP contribution in [0.3, 0.4) is 0 Å². The van der Waals surface area contributed by atoms with Gasteiger partial charge in [-0.1, -0.05) is 70.2 Å². The number of hydrogen-bond donors (Lipinski definition) is 0. The Kier molecular flexibility index (Phi) is 5.31. The fourth-order valence-corrected chi connectivity index (χ4v) is 4.38. The van der Waals surface area contributed by atoms with Gasteiger partial charge < -0.3 is 4.74 Å². The average molecular weight is 388 g/mol. The van der Waals surface area contributed by atoms with Gasteiger partial charge in [0.25, 0.3) is 0 Å². The number of methoxy groups -OCH3 is 1. The second-order valence-electron chi connectivity index (χ2n) is 8.43. The molecular weight excluding hydrogens is 356 g/mol. The maximum absolute atomic E-state index is 5.75. The van der Waals surface area contributed by atoms with Crippen molar-refractivity contribution in [2.24, 2.45) is 0 Å². The molecule has 0 aromatic heterocycles. The molecule has 3 aromatic rings. The minimum atomic E-state index is 0.484. The summed E-state index contributed by atoms with van der Waals surface area (Å²) in [7, 11) is 1.76. The molecule has 0 fully saturated rings. The average Bonchev–Trinajstić information content (AvgIpc) is 3.21. The first-order valence-electron chi connectivity index (χ1n) is 10.6. The van der Waals surface area contributed by atoms with E-state index in [0.29, 0.717) is 11.8 Å². The van der Waals surface area contributed by atoms with Gasteiger partial charge in [-0.25, -0.2) is 9.48 Å². The van der Waals surface area contributed by atoms with Crippen molar-refractivity contribution in [3.63, 3.8) is 0 Å². The molecule has 0 bridgehead atoms. The number of fused-ring (bicyclic) bond motifs is 1. The highest BCUT2D eigenvalue weighted by atomic mass is 16.5. The van der Waals surface area contributed by atoms with Gasteiger partial charge in [0, 0.05) is 16.5 Å². The van der Waals surface area contributed by atoms with E-state index in [-0.39, 0.29) is 0 Å². The summed E-state index contributed by atoms with van der Waals surface area (Å²) in [6, 6.07) is 19.5. The van der Waals surface area contributed by atoms with E-state index in [4.69, 9.17) is 4.74 Å². The van der Waals surface area contributed by atoms with Gasteiger partial charge in [0.2, 0.25) is 6.34 Å². The molecule has 0 atom stereocenters. The van der Waals surface area contributed by atoms with Gasteiger partial charge >= 0.3 is 0 Å². The van der Waals surface area contributed by atoms with Gasteiger partial charge in [0.05, 0.1) is 7.11 Å². The molecule has 0 N–H and O–H groups in total. The molecule has 29 heavy (non-hydrogen) atoms. The molecule has 3 nitrogen and oxygen atoms in total. The van der Waals surface area contributed by atoms with E-state index in [1.807, 2.05) is 0 Å². The van der Waals surface area contributed by atoms with Crippen LogP contribution < -0.4 is 9.64 Å². The molecule has 1 heterocycles. The number of nitrogens with zero attached hydrogens (tertiary/aromatic N) is 2. The van der Waals surface area contributed by atoms with Crippen molar-refractivity contribution in [2.45, 2.75) is 39.5 Å². The van der Waals surface area contributed by atoms with E-state index in [1.54, 1.807) is 7.11 Å². The smallest absolute Gasteiger partial charge is 0.244 e. The summed E-state index contributed by atoms with van der Waals surface area (Å²) in [6.07, 6.45) is 2.28. The second-order valence-corrected chi connectivity index (χ2v) is 8.43. The van der Waals surface area contributed by atoms with Crippen molar-refractivity contribution in [3.8, 4) is 5.75 Å². The van der Waals surface area contributed by atoms with Crippen LogP contribution in [0.15, 0.2) is 54.6 Å². The predicted octanol–water partition coefficient (Wildman–Crippen LogP) is 6.29. The highest BCUT2D eigenvalue weighted by molar-refractivity contribution is 6.02. The number of benzene rings is 3. The summed E-state index contributed by atoms with van der Waals surface area (Å²) in [5.74, 6) is 1.89. The lowest BCUT2D eigenvalue weighted by atomic mass is 9.92. The Morgan fingerprint density at radius 1 is 0.862 bits per heavy atom. The molecular formula is C26H31N2O+. The molecule has 1 aliphatic heterocycles. The fraction of sp³-hybridized carbons (Fsp3) is 0.346. The monoisotopic (exact) mass is 387 g/mol. The van der Waals surface area contributed by atoms with Crippen LogP contribution in [0.5, 0.6) is 5.75 Å². The van der Waals surface area contributed by atoms with Crippen LogP contribution in [0, 0.1) is 0 Å². The van der Waals surface area contributed by atoms with Crippen molar-refractivity contribution in [1.82, 2.24) is 0 Å². The SMILES string of the molecule is COc1ccc2ccccc2c1N1C=[N+](c2c(C(C)C)cccc2C(C)C)CC1. The summed E-state index contributed by atoms with van der Waals surface area (Å²) < 4.78 is 8.19. The van der Waals surface area contributed by atoms with Crippen molar-refractivity contribution < 1.29 is 9.31 Å². The van der Waals surface area contributed by atoms with Crippen LogP contribution in [0.4, 0.5) is 11.4 Å². The summed E-state index contributed by atoms with van der Waals surface area (Å²) in [4.78, 5) is 2.35. The second kappa shape index (κ2) is 7.90. The molecule has 0 aliphatic carbocycles. The van der Waals surface area contributed by atoms with Crippen molar-refractivity contribution in [1.29, 1.82) is 0 Å². The van der Waals surface area contributed by atoms with E-state index in [2.05, 4.69) is 98.1 Å². The Bertz CT molecular complexity index is 1040. The Morgan fingerprint density at radius 3 is 2.21 bits per heavy atom. The molecule has 4 rings (SSSR count). The minimum absolute atomic E-state index is 0.484. The molecule has 3 heteroatoms. The third-order valence-electron chi connectivity index (χ3n) is 5.86. The Hall–Kier alpha value is -2.81. The van der Waals surface area contributed by atoms with Crippen LogP contribution in [0.25, 0.3) is 10.8 Å². The van der Waals surface area contributed by atoms with Gasteiger partial charge in [-0.3, -0.25) is 0 Å². The van der Waals surface area contributed by atoms with Crippen molar-refractivity contribution >= 4 is 28.5 Å². The number of rotatable bonds is 5. The summed E-state index contributed by atoms with van der Waals surface area (Å²) in [5.41, 5.74) is 5.36. The molecule has 3 aromatic carbocycles. The van der Waals surface area contributed by atoms with E-state index in [1.165, 1.54) is 27.6 Å². The molecule has 1 aliphatic rings. The van der Waals surface area contributed by atoms with E-state index >= 15 is 0 Å². The molecule has 0 amide bonds. The number of hydrogen-bond acceptors (Lipinski definition) is 2. The molecule has 0 saturated heterocycles. The first-order valence-corrected chi connectivity index (χ1v) is 10.6. The first-order chi connectivity index (χ1) is 14.0. The third-order valence-corrected chi connectivity index (χ3v) is 5.86. The maximum atomic E-state index is 5.75. The molecule has 0 spiro atoms. The minimum Gasteiger partial charge on any atom is -0.492 e. The predicted molar refractivity (Wildman–Crippen MR) is 123 cm³/mol. The highest BCUT2D eigenvalue weighted by Crippen LogP contribution is 2.39. The van der Waals surface area contributed by atoms with E-state index in [0.717, 1.165) is 24.5 Å². The van der Waals surface area contributed by atoms with Crippen LogP contribution in [-0.2, 0) is 0 Å². The van der Waals surface area contributed by atoms with Gasteiger partial charge in [0.15, 0.2) is 11.4 Å². The lowest BCUT2D eigenvalue weighted by molar-refractivity contribution is -0.425.